The Morgan fingerprint density at radius 2 is 1.94 bits per heavy atom. The van der Waals surface area contributed by atoms with Gasteiger partial charge in [-0.05, 0) is 33.7 Å². The summed E-state index contributed by atoms with van der Waals surface area (Å²) in [5.41, 5.74) is 0.783. The Bertz CT molecular complexity index is 348. The Hall–Kier alpha value is -0.450. The second kappa shape index (κ2) is 5.46. The van der Waals surface area contributed by atoms with Crippen molar-refractivity contribution in [2.24, 2.45) is 0 Å². The van der Waals surface area contributed by atoms with Gasteiger partial charge in [0.15, 0.2) is 0 Å². The van der Waals surface area contributed by atoms with Gasteiger partial charge in [-0.3, -0.25) is 0 Å². The van der Waals surface area contributed by atoms with Crippen LogP contribution in [0.25, 0.3) is 0 Å². The number of methoxy groups -OCH3 is 1. The molecule has 0 spiro atoms. The number of nitrogens with zero attached hydrogens (tertiary/aromatic N) is 1. The maximum atomic E-state index is 5.71. The first-order valence-electron chi connectivity index (χ1n) is 6.16. The van der Waals surface area contributed by atoms with E-state index in [2.05, 4.69) is 38.4 Å². The molecular weight excluding hydrogens is 232 g/mol. The second-order valence-corrected chi connectivity index (χ2v) is 5.68. The third-order valence-corrected chi connectivity index (χ3v) is 4.72. The van der Waals surface area contributed by atoms with E-state index >= 15 is 0 Å². The second-order valence-electron chi connectivity index (χ2n) is 4.82. The molecule has 0 aliphatic heterocycles. The van der Waals surface area contributed by atoms with Crippen molar-refractivity contribution in [2.75, 3.05) is 14.2 Å². The highest BCUT2D eigenvalue weighted by Crippen LogP contribution is 2.36. The molecule has 0 amide bonds. The average Bonchev–Trinajstić information content (AvgIpc) is 2.83. The van der Waals surface area contributed by atoms with E-state index in [1.165, 1.54) is 0 Å². The predicted octanol–water partition coefficient (Wildman–Crippen LogP) is 3.26. The molecule has 1 N–H and O–H groups in total. The van der Waals surface area contributed by atoms with E-state index < -0.39 is 0 Å². The Balaban J connectivity index is 3.09. The topological polar surface area (TPSA) is 34.1 Å². The van der Waals surface area contributed by atoms with Crippen molar-refractivity contribution in [3.8, 4) is 0 Å². The first-order chi connectivity index (χ1) is 7.95. The molecular formula is C13H24N2OS. The van der Waals surface area contributed by atoms with Crippen LogP contribution in [0.5, 0.6) is 0 Å². The fraction of sp³-hybridized carbons (Fsp3) is 0.769. The summed E-state index contributed by atoms with van der Waals surface area (Å²) in [7, 11) is 3.74. The highest BCUT2D eigenvalue weighted by Gasteiger charge is 2.33. The van der Waals surface area contributed by atoms with E-state index in [0.717, 1.165) is 23.5 Å². The van der Waals surface area contributed by atoms with E-state index in [1.807, 2.05) is 7.05 Å². The molecule has 0 saturated carbocycles. The molecule has 3 nitrogen and oxygen atoms in total. The van der Waals surface area contributed by atoms with Crippen LogP contribution in [0.1, 0.15) is 51.2 Å². The number of nitrogens with one attached hydrogen (secondary N) is 1. The zero-order valence-electron chi connectivity index (χ0n) is 11.8. The van der Waals surface area contributed by atoms with Crippen LogP contribution in [0, 0.1) is 0 Å². The first-order valence-corrected chi connectivity index (χ1v) is 7.04. The van der Waals surface area contributed by atoms with Crippen molar-refractivity contribution in [1.82, 2.24) is 10.3 Å². The van der Waals surface area contributed by atoms with Crippen LogP contribution in [-0.2, 0) is 15.9 Å². The quantitative estimate of drug-likeness (QED) is 0.848. The molecule has 1 heterocycles. The lowest BCUT2D eigenvalue weighted by atomic mass is 9.97. The normalized spacial score (nSPS) is 13.1. The molecule has 0 atom stereocenters. The van der Waals surface area contributed by atoms with Gasteiger partial charge in [-0.2, -0.15) is 0 Å². The molecule has 0 aromatic carbocycles. The highest BCUT2D eigenvalue weighted by molar-refractivity contribution is 7.09. The molecule has 0 saturated heterocycles. The minimum atomic E-state index is -0.216. The molecule has 0 aliphatic rings. The van der Waals surface area contributed by atoms with Gasteiger partial charge in [-0.15, -0.1) is 11.3 Å². The van der Waals surface area contributed by atoms with Crippen LogP contribution in [-0.4, -0.2) is 19.1 Å². The highest BCUT2D eigenvalue weighted by atomic mass is 32.1. The van der Waals surface area contributed by atoms with Gasteiger partial charge in [-0.25, -0.2) is 4.98 Å². The predicted molar refractivity (Wildman–Crippen MR) is 73.5 cm³/mol. The summed E-state index contributed by atoms with van der Waals surface area (Å²) in [5.74, 6) is 0. The summed E-state index contributed by atoms with van der Waals surface area (Å²) in [4.78, 5) is 4.77. The van der Waals surface area contributed by atoms with Gasteiger partial charge in [0.25, 0.3) is 0 Å². The van der Waals surface area contributed by atoms with E-state index in [4.69, 9.17) is 9.72 Å². The van der Waals surface area contributed by atoms with Crippen LogP contribution >= 0.6 is 11.3 Å². The lowest BCUT2D eigenvalue weighted by Gasteiger charge is -2.28. The number of aromatic nitrogens is 1. The molecule has 0 fully saturated rings. The monoisotopic (exact) mass is 256 g/mol. The van der Waals surface area contributed by atoms with E-state index in [9.17, 15) is 0 Å². The summed E-state index contributed by atoms with van der Waals surface area (Å²) >= 11 is 1.70. The Morgan fingerprint density at radius 1 is 1.35 bits per heavy atom. The van der Waals surface area contributed by atoms with E-state index in [1.54, 1.807) is 18.4 Å². The van der Waals surface area contributed by atoms with Crippen molar-refractivity contribution < 1.29 is 4.74 Å². The summed E-state index contributed by atoms with van der Waals surface area (Å²) in [5, 5.41) is 6.50. The molecule has 4 heteroatoms. The number of thiazole rings is 1. The lowest BCUT2D eigenvalue weighted by molar-refractivity contribution is -0.0220. The van der Waals surface area contributed by atoms with Crippen LogP contribution in [0.2, 0.25) is 0 Å². The van der Waals surface area contributed by atoms with Crippen LogP contribution < -0.4 is 5.32 Å². The summed E-state index contributed by atoms with van der Waals surface area (Å²) in [6.45, 7) is 8.57. The van der Waals surface area contributed by atoms with E-state index in [0.29, 0.717) is 0 Å². The van der Waals surface area contributed by atoms with Gasteiger partial charge < -0.3 is 10.1 Å². The molecule has 1 aromatic rings. The smallest absolute Gasteiger partial charge is 0.125 e. The Morgan fingerprint density at radius 3 is 2.35 bits per heavy atom. The third-order valence-electron chi connectivity index (χ3n) is 3.69. The fourth-order valence-corrected chi connectivity index (χ4v) is 3.14. The Labute approximate surface area is 109 Å². The summed E-state index contributed by atoms with van der Waals surface area (Å²) < 4.78 is 5.71. The molecule has 0 unspecified atom stereocenters. The van der Waals surface area contributed by atoms with Crippen LogP contribution in [0.15, 0.2) is 5.38 Å². The number of rotatable bonds is 6. The summed E-state index contributed by atoms with van der Waals surface area (Å²) in [6.07, 6.45) is 1.90. The standard InChI is InChI=1S/C13H24N2OS/c1-7-13(8-2,16-6)11-15-10(9-17-11)12(3,4)14-5/h9,14H,7-8H2,1-6H3. The molecule has 1 rings (SSSR count). The summed E-state index contributed by atoms with van der Waals surface area (Å²) in [6, 6.07) is 0. The number of hydrogen-bond donors (Lipinski definition) is 1. The van der Waals surface area contributed by atoms with Gasteiger partial charge in [0.05, 0.1) is 11.2 Å². The van der Waals surface area contributed by atoms with Crippen molar-refractivity contribution >= 4 is 11.3 Å². The minimum Gasteiger partial charge on any atom is -0.371 e. The maximum Gasteiger partial charge on any atom is 0.125 e. The largest absolute Gasteiger partial charge is 0.371 e. The van der Waals surface area contributed by atoms with Crippen molar-refractivity contribution in [3.63, 3.8) is 0 Å². The average molecular weight is 256 g/mol. The lowest BCUT2D eigenvalue weighted by Crippen LogP contribution is -2.34. The Kier molecular flexibility index (Phi) is 4.69. The maximum absolute atomic E-state index is 5.71. The SMILES string of the molecule is CCC(CC)(OC)c1nc(C(C)(C)NC)cs1. The third kappa shape index (κ3) is 2.69. The van der Waals surface area contributed by atoms with Crippen molar-refractivity contribution in [1.29, 1.82) is 0 Å². The molecule has 0 bridgehead atoms. The molecule has 98 valence electrons. The van der Waals surface area contributed by atoms with Gasteiger partial charge >= 0.3 is 0 Å². The zero-order valence-corrected chi connectivity index (χ0v) is 12.6. The van der Waals surface area contributed by atoms with E-state index in [-0.39, 0.29) is 11.1 Å². The van der Waals surface area contributed by atoms with Crippen LogP contribution in [0.3, 0.4) is 0 Å². The molecule has 17 heavy (non-hydrogen) atoms. The molecule has 0 radical (unpaired) electrons. The molecule has 1 aromatic heterocycles. The van der Waals surface area contributed by atoms with Gasteiger partial charge in [0, 0.05) is 12.5 Å². The van der Waals surface area contributed by atoms with Crippen molar-refractivity contribution in [3.05, 3.63) is 16.1 Å². The minimum absolute atomic E-state index is 0.0876. The van der Waals surface area contributed by atoms with Crippen molar-refractivity contribution in [2.45, 2.75) is 51.7 Å². The van der Waals surface area contributed by atoms with Gasteiger partial charge in [0.2, 0.25) is 0 Å². The zero-order chi connectivity index (χ0) is 13.1. The van der Waals surface area contributed by atoms with Gasteiger partial charge in [-0.1, -0.05) is 13.8 Å². The number of hydrogen-bond acceptors (Lipinski definition) is 4. The van der Waals surface area contributed by atoms with Gasteiger partial charge in [0.1, 0.15) is 10.6 Å². The van der Waals surface area contributed by atoms with Crippen LogP contribution in [0.4, 0.5) is 0 Å². The number of ether oxygens (including phenoxy) is 1. The fourth-order valence-electron chi connectivity index (χ4n) is 1.83. The molecule has 0 aliphatic carbocycles. The first kappa shape index (κ1) is 14.6.